The molecule has 31 heavy (non-hydrogen) atoms. The van der Waals surface area contributed by atoms with E-state index < -0.39 is 27.2 Å². The lowest BCUT2D eigenvalue weighted by Crippen LogP contribution is -2.46. The number of alkyl carbamates (subject to hydrolysis) is 1. The fraction of sp³-hybridized carbons (Fsp3) is 0.240. The average Bonchev–Trinajstić information content (AvgIpc) is 3.07. The minimum absolute atomic E-state index is 0.135. The lowest BCUT2D eigenvalue weighted by Gasteiger charge is -2.24. The van der Waals surface area contributed by atoms with Crippen LogP contribution in [0.25, 0.3) is 0 Å². The molecule has 1 aliphatic heterocycles. The summed E-state index contributed by atoms with van der Waals surface area (Å²) in [5.74, 6) is 0. The van der Waals surface area contributed by atoms with Crippen molar-refractivity contribution in [2.24, 2.45) is 0 Å². The summed E-state index contributed by atoms with van der Waals surface area (Å²) in [6, 6.07) is 25.8. The lowest BCUT2D eigenvalue weighted by atomic mass is 9.99. The van der Waals surface area contributed by atoms with Gasteiger partial charge in [-0.2, -0.15) is 0 Å². The molecule has 0 fully saturated rings. The van der Waals surface area contributed by atoms with Gasteiger partial charge in [0, 0.05) is 6.04 Å². The molecule has 3 aromatic rings. The number of hydrogen-bond acceptors (Lipinski definition) is 4. The maximum atomic E-state index is 13.2. The SMILES string of the molecule is O=C(N[C@@H](CCc1ccccc1)[C@H]1Cc2ccccc2S1(=O)=O)OCc1ccccc1. The Kier molecular flexibility index (Phi) is 6.37. The number of rotatable bonds is 7. The molecule has 160 valence electrons. The van der Waals surface area contributed by atoms with Crippen molar-refractivity contribution in [1.29, 1.82) is 0 Å². The molecule has 4 rings (SSSR count). The Morgan fingerprint density at radius 1 is 0.903 bits per heavy atom. The number of benzene rings is 3. The van der Waals surface area contributed by atoms with Crippen LogP contribution in [0.1, 0.15) is 23.1 Å². The minimum Gasteiger partial charge on any atom is -0.445 e. The second-order valence-corrected chi connectivity index (χ2v) is 9.87. The molecule has 0 aromatic heterocycles. The summed E-state index contributed by atoms with van der Waals surface area (Å²) in [6.07, 6.45) is 0.944. The van der Waals surface area contributed by atoms with Gasteiger partial charge in [0.25, 0.3) is 0 Å². The van der Waals surface area contributed by atoms with E-state index in [1.54, 1.807) is 12.1 Å². The molecular weight excluding hydrogens is 410 g/mol. The summed E-state index contributed by atoms with van der Waals surface area (Å²) in [4.78, 5) is 12.9. The first-order chi connectivity index (χ1) is 15.0. The zero-order valence-corrected chi connectivity index (χ0v) is 17.9. The Hall–Kier alpha value is -3.12. The molecule has 0 aliphatic carbocycles. The number of carbonyl (C=O) groups is 1. The van der Waals surface area contributed by atoms with E-state index in [0.717, 1.165) is 16.7 Å². The Morgan fingerprint density at radius 2 is 1.52 bits per heavy atom. The molecule has 1 amide bonds. The molecule has 0 spiro atoms. The maximum absolute atomic E-state index is 13.2. The van der Waals surface area contributed by atoms with Crippen molar-refractivity contribution in [3.8, 4) is 0 Å². The third kappa shape index (κ3) is 4.97. The van der Waals surface area contributed by atoms with Crippen LogP contribution in [-0.2, 0) is 34.0 Å². The number of nitrogens with one attached hydrogen (secondary N) is 1. The van der Waals surface area contributed by atoms with Gasteiger partial charge in [0.2, 0.25) is 0 Å². The Balaban J connectivity index is 1.50. The highest BCUT2D eigenvalue weighted by atomic mass is 32.2. The van der Waals surface area contributed by atoms with Crippen molar-refractivity contribution in [2.75, 3.05) is 0 Å². The first kappa shape index (κ1) is 21.1. The second-order valence-electron chi connectivity index (χ2n) is 7.73. The van der Waals surface area contributed by atoms with Gasteiger partial charge in [-0.15, -0.1) is 0 Å². The van der Waals surface area contributed by atoms with E-state index in [4.69, 9.17) is 4.74 Å². The molecule has 0 saturated carbocycles. The lowest BCUT2D eigenvalue weighted by molar-refractivity contribution is 0.134. The summed E-state index contributed by atoms with van der Waals surface area (Å²) < 4.78 is 31.8. The minimum atomic E-state index is -3.53. The number of ether oxygens (including phenoxy) is 1. The van der Waals surface area contributed by atoms with Crippen molar-refractivity contribution in [2.45, 2.75) is 42.1 Å². The van der Waals surface area contributed by atoms with Crippen LogP contribution in [0.15, 0.2) is 89.8 Å². The molecule has 0 radical (unpaired) electrons. The molecule has 0 saturated heterocycles. The van der Waals surface area contributed by atoms with Crippen LogP contribution in [0.5, 0.6) is 0 Å². The van der Waals surface area contributed by atoms with Crippen molar-refractivity contribution >= 4 is 15.9 Å². The smallest absolute Gasteiger partial charge is 0.407 e. The topological polar surface area (TPSA) is 72.5 Å². The van der Waals surface area contributed by atoms with Crippen LogP contribution in [0.3, 0.4) is 0 Å². The molecule has 1 heterocycles. The van der Waals surface area contributed by atoms with Gasteiger partial charge in [-0.25, -0.2) is 13.2 Å². The van der Waals surface area contributed by atoms with Crippen LogP contribution in [-0.4, -0.2) is 25.8 Å². The van der Waals surface area contributed by atoms with Gasteiger partial charge in [0.05, 0.1) is 10.1 Å². The average molecular weight is 436 g/mol. The molecule has 0 bridgehead atoms. The monoisotopic (exact) mass is 435 g/mol. The number of amides is 1. The molecule has 1 aliphatic rings. The van der Waals surface area contributed by atoms with Crippen LogP contribution in [0, 0.1) is 0 Å². The van der Waals surface area contributed by atoms with Gasteiger partial charge >= 0.3 is 6.09 Å². The van der Waals surface area contributed by atoms with Crippen molar-refractivity contribution in [3.05, 3.63) is 102 Å². The van der Waals surface area contributed by atoms with E-state index in [-0.39, 0.29) is 6.61 Å². The third-order valence-corrected chi connectivity index (χ3v) is 7.95. The van der Waals surface area contributed by atoms with Gasteiger partial charge in [-0.1, -0.05) is 78.9 Å². The first-order valence-electron chi connectivity index (χ1n) is 10.4. The Bertz CT molecular complexity index is 1130. The fourth-order valence-corrected chi connectivity index (χ4v) is 6.18. The summed E-state index contributed by atoms with van der Waals surface area (Å²) >= 11 is 0. The highest BCUT2D eigenvalue weighted by Gasteiger charge is 2.42. The molecule has 1 N–H and O–H groups in total. The number of sulfone groups is 1. The standard InChI is InChI=1S/C25H25NO4S/c27-25(30-18-20-11-5-2-6-12-20)26-22(16-15-19-9-3-1-4-10-19)24-17-21-13-7-8-14-23(21)31(24,28)29/h1-14,22,24H,15-18H2,(H,26,27)/t22-,24+/m0/s1. The molecule has 3 aromatic carbocycles. The number of carbonyl (C=O) groups excluding carboxylic acids is 1. The molecule has 0 unspecified atom stereocenters. The van der Waals surface area contributed by atoms with Crippen LogP contribution >= 0.6 is 0 Å². The van der Waals surface area contributed by atoms with Gasteiger partial charge in [-0.05, 0) is 42.0 Å². The summed E-state index contributed by atoms with van der Waals surface area (Å²) in [5.41, 5.74) is 2.77. The second kappa shape index (κ2) is 9.35. The van der Waals surface area contributed by atoms with E-state index in [9.17, 15) is 13.2 Å². The van der Waals surface area contributed by atoms with E-state index in [2.05, 4.69) is 5.32 Å². The van der Waals surface area contributed by atoms with E-state index >= 15 is 0 Å². The highest BCUT2D eigenvalue weighted by Crippen LogP contribution is 2.33. The Morgan fingerprint density at radius 3 is 2.19 bits per heavy atom. The molecule has 5 nitrogen and oxygen atoms in total. The zero-order valence-electron chi connectivity index (χ0n) is 17.1. The number of hydrogen-bond donors (Lipinski definition) is 1. The van der Waals surface area contributed by atoms with Crippen LogP contribution in [0.4, 0.5) is 4.79 Å². The van der Waals surface area contributed by atoms with Gasteiger partial charge in [-0.3, -0.25) is 0 Å². The Labute approximate surface area is 183 Å². The first-order valence-corrected chi connectivity index (χ1v) is 11.9. The summed E-state index contributed by atoms with van der Waals surface area (Å²) in [5, 5.41) is 2.14. The fourth-order valence-electron chi connectivity index (χ4n) is 4.03. The third-order valence-electron chi connectivity index (χ3n) is 5.65. The number of fused-ring (bicyclic) bond motifs is 1. The summed E-state index contributed by atoms with van der Waals surface area (Å²) in [6.45, 7) is 0.135. The number of aryl methyl sites for hydroxylation is 1. The van der Waals surface area contributed by atoms with Crippen LogP contribution in [0.2, 0.25) is 0 Å². The van der Waals surface area contributed by atoms with Crippen molar-refractivity contribution < 1.29 is 17.9 Å². The summed E-state index contributed by atoms with van der Waals surface area (Å²) in [7, 11) is -3.53. The van der Waals surface area contributed by atoms with Crippen LogP contribution < -0.4 is 5.32 Å². The quantitative estimate of drug-likeness (QED) is 0.600. The highest BCUT2D eigenvalue weighted by molar-refractivity contribution is 7.92. The van der Waals surface area contributed by atoms with E-state index in [1.807, 2.05) is 72.8 Å². The predicted molar refractivity (Wildman–Crippen MR) is 119 cm³/mol. The van der Waals surface area contributed by atoms with E-state index in [1.165, 1.54) is 0 Å². The molecular formula is C25H25NO4S. The van der Waals surface area contributed by atoms with Gasteiger partial charge in [0.1, 0.15) is 6.61 Å². The molecule has 6 heteroatoms. The largest absolute Gasteiger partial charge is 0.445 e. The van der Waals surface area contributed by atoms with Crippen molar-refractivity contribution in [1.82, 2.24) is 5.32 Å². The zero-order chi connectivity index (χ0) is 21.7. The van der Waals surface area contributed by atoms with E-state index in [0.29, 0.717) is 24.2 Å². The van der Waals surface area contributed by atoms with Gasteiger partial charge in [0.15, 0.2) is 9.84 Å². The predicted octanol–water partition coefficient (Wildman–Crippen LogP) is 4.31. The molecule has 2 atom stereocenters. The van der Waals surface area contributed by atoms with Crippen molar-refractivity contribution in [3.63, 3.8) is 0 Å². The maximum Gasteiger partial charge on any atom is 0.407 e. The van der Waals surface area contributed by atoms with Gasteiger partial charge < -0.3 is 10.1 Å². The normalized spacial score (nSPS) is 17.5.